The summed E-state index contributed by atoms with van der Waals surface area (Å²) in [5.41, 5.74) is 2.36. The number of para-hydroxylation sites is 1. The first-order chi connectivity index (χ1) is 14.2. The molecule has 7 heteroatoms. The number of carbonyl (C=O) groups excluding carboxylic acids is 1. The molecule has 1 heterocycles. The van der Waals surface area contributed by atoms with Crippen LogP contribution in [0.15, 0.2) is 60.7 Å². The van der Waals surface area contributed by atoms with Crippen molar-refractivity contribution in [2.45, 2.75) is 13.0 Å². The highest BCUT2D eigenvalue weighted by molar-refractivity contribution is 5.92. The van der Waals surface area contributed by atoms with E-state index in [1.54, 1.807) is 26.4 Å². The molecule has 0 bridgehead atoms. The fourth-order valence-corrected chi connectivity index (χ4v) is 2.80. The van der Waals surface area contributed by atoms with Crippen molar-refractivity contribution in [1.82, 2.24) is 15.5 Å². The van der Waals surface area contributed by atoms with E-state index < -0.39 is 0 Å². The number of rotatable bonds is 9. The molecule has 2 N–H and O–H groups in total. The average molecular weight is 392 g/mol. The Bertz CT molecular complexity index is 928. The molecule has 0 spiro atoms. The van der Waals surface area contributed by atoms with Crippen molar-refractivity contribution in [1.29, 1.82) is 0 Å². The van der Waals surface area contributed by atoms with Gasteiger partial charge in [0.25, 0.3) is 5.91 Å². The monoisotopic (exact) mass is 392 g/mol. The van der Waals surface area contributed by atoms with Crippen LogP contribution >= 0.6 is 0 Å². The van der Waals surface area contributed by atoms with Gasteiger partial charge >= 0.3 is 0 Å². The number of benzene rings is 2. The molecule has 0 radical (unpaired) electrons. The van der Waals surface area contributed by atoms with E-state index >= 15 is 0 Å². The first-order valence-electron chi connectivity index (χ1n) is 9.30. The number of nitrogens with zero attached hydrogens (tertiary/aromatic N) is 2. The van der Waals surface area contributed by atoms with Gasteiger partial charge in [-0.1, -0.05) is 30.3 Å². The second-order valence-electron chi connectivity index (χ2n) is 6.32. The SMILES string of the molecule is COc1ccc(CNC(=O)c2ccc(NCCc3ccccc3OC)nn2)cc1. The van der Waals surface area contributed by atoms with Gasteiger partial charge in [-0.3, -0.25) is 4.79 Å². The van der Waals surface area contributed by atoms with Crippen molar-refractivity contribution in [2.75, 3.05) is 26.1 Å². The van der Waals surface area contributed by atoms with Crippen LogP contribution in [0.2, 0.25) is 0 Å². The maximum Gasteiger partial charge on any atom is 0.272 e. The summed E-state index contributed by atoms with van der Waals surface area (Å²) >= 11 is 0. The van der Waals surface area contributed by atoms with Crippen LogP contribution in [0.25, 0.3) is 0 Å². The summed E-state index contributed by atoms with van der Waals surface area (Å²) < 4.78 is 10.5. The smallest absolute Gasteiger partial charge is 0.272 e. The lowest BCUT2D eigenvalue weighted by molar-refractivity contribution is 0.0945. The zero-order valence-corrected chi connectivity index (χ0v) is 16.5. The lowest BCUT2D eigenvalue weighted by atomic mass is 10.1. The van der Waals surface area contributed by atoms with Gasteiger partial charge in [0.2, 0.25) is 0 Å². The van der Waals surface area contributed by atoms with Gasteiger partial charge in [-0.2, -0.15) is 0 Å². The first kappa shape index (κ1) is 20.1. The molecular formula is C22H24N4O3. The highest BCUT2D eigenvalue weighted by Crippen LogP contribution is 2.17. The number of hydrogen-bond donors (Lipinski definition) is 2. The first-order valence-corrected chi connectivity index (χ1v) is 9.30. The lowest BCUT2D eigenvalue weighted by Gasteiger charge is -2.09. The molecule has 150 valence electrons. The van der Waals surface area contributed by atoms with Crippen molar-refractivity contribution in [3.8, 4) is 11.5 Å². The summed E-state index contributed by atoms with van der Waals surface area (Å²) in [4.78, 5) is 12.2. The Hall–Kier alpha value is -3.61. The van der Waals surface area contributed by atoms with Crippen molar-refractivity contribution < 1.29 is 14.3 Å². The number of amides is 1. The van der Waals surface area contributed by atoms with Gasteiger partial charge in [0.05, 0.1) is 14.2 Å². The molecule has 3 rings (SSSR count). The number of nitrogens with one attached hydrogen (secondary N) is 2. The summed E-state index contributed by atoms with van der Waals surface area (Å²) in [5, 5.41) is 14.1. The second-order valence-corrected chi connectivity index (χ2v) is 6.32. The molecule has 1 amide bonds. The van der Waals surface area contributed by atoms with Crippen molar-refractivity contribution >= 4 is 11.7 Å². The molecule has 3 aromatic rings. The average Bonchev–Trinajstić information content (AvgIpc) is 2.78. The summed E-state index contributed by atoms with van der Waals surface area (Å²) in [7, 11) is 3.28. The molecule has 1 aromatic heterocycles. The normalized spacial score (nSPS) is 10.3. The Morgan fingerprint density at radius 1 is 0.931 bits per heavy atom. The highest BCUT2D eigenvalue weighted by atomic mass is 16.5. The third kappa shape index (κ3) is 5.68. The van der Waals surface area contributed by atoms with Gasteiger partial charge in [0, 0.05) is 13.1 Å². The number of hydrogen-bond acceptors (Lipinski definition) is 6. The topological polar surface area (TPSA) is 85.4 Å². The van der Waals surface area contributed by atoms with Crippen molar-refractivity contribution in [2.24, 2.45) is 0 Å². The summed E-state index contributed by atoms with van der Waals surface area (Å²) in [6.45, 7) is 1.08. The van der Waals surface area contributed by atoms with E-state index in [0.29, 0.717) is 18.9 Å². The fourth-order valence-electron chi connectivity index (χ4n) is 2.80. The zero-order chi connectivity index (χ0) is 20.5. The quantitative estimate of drug-likeness (QED) is 0.582. The predicted molar refractivity (Wildman–Crippen MR) is 111 cm³/mol. The van der Waals surface area contributed by atoms with Crippen LogP contribution in [-0.4, -0.2) is 36.9 Å². The fraction of sp³-hybridized carbons (Fsp3) is 0.227. The minimum absolute atomic E-state index is 0.270. The lowest BCUT2D eigenvalue weighted by Crippen LogP contribution is -2.24. The number of carbonyl (C=O) groups is 1. The molecule has 0 atom stereocenters. The Morgan fingerprint density at radius 3 is 2.41 bits per heavy atom. The standard InChI is InChI=1S/C22H24N4O3/c1-28-18-9-7-16(8-10-18)15-24-22(27)19-11-12-21(26-25-19)23-14-13-17-5-3-4-6-20(17)29-2/h3-12H,13-15H2,1-2H3,(H,23,26)(H,24,27). The van der Waals surface area contributed by atoms with Crippen LogP contribution in [0, 0.1) is 0 Å². The Balaban J connectivity index is 1.48. The third-order valence-corrected chi connectivity index (χ3v) is 4.40. The van der Waals surface area contributed by atoms with E-state index in [0.717, 1.165) is 29.0 Å². The van der Waals surface area contributed by atoms with E-state index in [1.807, 2.05) is 48.5 Å². The maximum absolute atomic E-state index is 12.2. The maximum atomic E-state index is 12.2. The Labute approximate surface area is 170 Å². The zero-order valence-electron chi connectivity index (χ0n) is 16.5. The summed E-state index contributed by atoms with van der Waals surface area (Å²) in [6.07, 6.45) is 0.787. The molecular weight excluding hydrogens is 368 g/mol. The van der Waals surface area contributed by atoms with E-state index in [9.17, 15) is 4.79 Å². The number of methoxy groups -OCH3 is 2. The van der Waals surface area contributed by atoms with Crippen LogP contribution < -0.4 is 20.1 Å². The van der Waals surface area contributed by atoms with E-state index in [2.05, 4.69) is 20.8 Å². The molecule has 0 saturated carbocycles. The molecule has 0 aliphatic rings. The van der Waals surface area contributed by atoms with Crippen LogP contribution in [0.4, 0.5) is 5.82 Å². The van der Waals surface area contributed by atoms with Gasteiger partial charge in [-0.15, -0.1) is 10.2 Å². The summed E-state index contributed by atoms with van der Waals surface area (Å²) in [5.74, 6) is 1.99. The molecule has 0 aliphatic carbocycles. The van der Waals surface area contributed by atoms with Gasteiger partial charge in [-0.25, -0.2) is 0 Å². The second kappa shape index (κ2) is 10.1. The number of ether oxygens (including phenoxy) is 2. The van der Waals surface area contributed by atoms with Crippen LogP contribution in [0.3, 0.4) is 0 Å². The van der Waals surface area contributed by atoms with Crippen LogP contribution in [0.5, 0.6) is 11.5 Å². The van der Waals surface area contributed by atoms with E-state index in [1.165, 1.54) is 0 Å². The molecule has 0 saturated heterocycles. The molecule has 29 heavy (non-hydrogen) atoms. The highest BCUT2D eigenvalue weighted by Gasteiger charge is 2.08. The van der Waals surface area contributed by atoms with Crippen LogP contribution in [-0.2, 0) is 13.0 Å². The summed E-state index contributed by atoms with van der Waals surface area (Å²) in [6, 6.07) is 18.8. The van der Waals surface area contributed by atoms with Gasteiger partial charge in [-0.05, 0) is 47.9 Å². The molecule has 2 aromatic carbocycles. The van der Waals surface area contributed by atoms with Gasteiger partial charge < -0.3 is 20.1 Å². The minimum atomic E-state index is -0.270. The van der Waals surface area contributed by atoms with Crippen LogP contribution in [0.1, 0.15) is 21.6 Å². The largest absolute Gasteiger partial charge is 0.497 e. The predicted octanol–water partition coefficient (Wildman–Crippen LogP) is 3.08. The van der Waals surface area contributed by atoms with Gasteiger partial charge in [0.1, 0.15) is 17.3 Å². The molecule has 0 fully saturated rings. The Morgan fingerprint density at radius 2 is 1.72 bits per heavy atom. The minimum Gasteiger partial charge on any atom is -0.497 e. The van der Waals surface area contributed by atoms with E-state index in [-0.39, 0.29) is 11.6 Å². The van der Waals surface area contributed by atoms with Gasteiger partial charge in [0.15, 0.2) is 5.69 Å². The molecule has 0 aliphatic heterocycles. The number of anilines is 1. The van der Waals surface area contributed by atoms with Crippen molar-refractivity contribution in [3.05, 3.63) is 77.5 Å². The van der Waals surface area contributed by atoms with Crippen molar-refractivity contribution in [3.63, 3.8) is 0 Å². The molecule has 7 nitrogen and oxygen atoms in total. The molecule has 0 unspecified atom stereocenters. The number of aromatic nitrogens is 2. The Kier molecular flexibility index (Phi) is 7.00. The van der Waals surface area contributed by atoms with E-state index in [4.69, 9.17) is 9.47 Å². The third-order valence-electron chi connectivity index (χ3n) is 4.40.